The lowest BCUT2D eigenvalue weighted by atomic mass is 10.1. The summed E-state index contributed by atoms with van der Waals surface area (Å²) in [7, 11) is 3.64. The van der Waals surface area contributed by atoms with Gasteiger partial charge in [0.15, 0.2) is 5.82 Å². The van der Waals surface area contributed by atoms with Crippen molar-refractivity contribution in [1.29, 1.82) is 0 Å². The van der Waals surface area contributed by atoms with Gasteiger partial charge in [-0.05, 0) is 13.8 Å². The van der Waals surface area contributed by atoms with Crippen molar-refractivity contribution in [2.45, 2.75) is 13.8 Å². The summed E-state index contributed by atoms with van der Waals surface area (Å²) in [6.45, 7) is 3.59. The molecular weight excluding hydrogens is 322 g/mol. The fourth-order valence-electron chi connectivity index (χ4n) is 2.07. The first kappa shape index (κ1) is 18.2. The molecule has 0 fully saturated rings. The van der Waals surface area contributed by atoms with Crippen molar-refractivity contribution >= 4 is 23.6 Å². The molecule has 0 saturated heterocycles. The van der Waals surface area contributed by atoms with Crippen LogP contribution in [0, 0.1) is 6.92 Å². The Labute approximate surface area is 146 Å². The van der Waals surface area contributed by atoms with Crippen molar-refractivity contribution in [2.75, 3.05) is 31.0 Å². The Morgan fingerprint density at radius 1 is 1.16 bits per heavy atom. The maximum atomic E-state index is 11.7. The van der Waals surface area contributed by atoms with Gasteiger partial charge in [0.2, 0.25) is 5.95 Å². The maximum absolute atomic E-state index is 11.7. The van der Waals surface area contributed by atoms with Gasteiger partial charge in [-0.3, -0.25) is 15.6 Å². The average molecular weight is 343 g/mol. The number of nitrogens with one attached hydrogen (secondary N) is 2. The van der Waals surface area contributed by atoms with Crippen molar-refractivity contribution in [3.63, 3.8) is 0 Å². The van der Waals surface area contributed by atoms with Crippen LogP contribution in [0.4, 0.5) is 11.8 Å². The number of aromatic nitrogens is 2. The van der Waals surface area contributed by atoms with Crippen LogP contribution >= 0.6 is 0 Å². The fraction of sp³-hybridized carbons (Fsp3) is 0.294. The van der Waals surface area contributed by atoms with Gasteiger partial charge >= 0.3 is 11.9 Å². The Balaban J connectivity index is 2.33. The highest BCUT2D eigenvalue weighted by atomic mass is 16.5. The molecule has 0 aliphatic rings. The summed E-state index contributed by atoms with van der Waals surface area (Å²) >= 11 is 0. The zero-order chi connectivity index (χ0) is 18.4. The number of hydrogen-bond donors (Lipinski definition) is 2. The number of amides is 1. The lowest BCUT2D eigenvalue weighted by Crippen LogP contribution is -2.37. The number of anilines is 2. The molecule has 8 nitrogen and oxygen atoms in total. The van der Waals surface area contributed by atoms with E-state index in [-0.39, 0.29) is 6.61 Å². The van der Waals surface area contributed by atoms with Crippen LogP contribution < -0.4 is 15.8 Å². The lowest BCUT2D eigenvalue weighted by molar-refractivity contribution is -0.154. The van der Waals surface area contributed by atoms with Gasteiger partial charge in [-0.15, -0.1) is 0 Å². The van der Waals surface area contributed by atoms with Gasteiger partial charge in [0.25, 0.3) is 0 Å². The first-order valence-corrected chi connectivity index (χ1v) is 7.78. The number of ether oxygens (including phenoxy) is 1. The normalized spacial score (nSPS) is 10.1. The van der Waals surface area contributed by atoms with E-state index in [2.05, 4.69) is 25.6 Å². The van der Waals surface area contributed by atoms with Gasteiger partial charge in [0.05, 0.1) is 12.3 Å². The molecule has 0 saturated carbocycles. The molecule has 0 bridgehead atoms. The standard InChI is InChI=1S/C17H21N5O3/c1-5-25-16(24)15(23)21-20-14-11(2)13(12-9-7-6-8-10-12)18-17(19-14)22(3)4/h6-10H,5H2,1-4H3,(H,21,23)(H,18,19,20). The van der Waals surface area contributed by atoms with Crippen LogP contribution in [0.3, 0.4) is 0 Å². The number of hydrazine groups is 1. The number of carbonyl (C=O) groups is 2. The van der Waals surface area contributed by atoms with Crippen LogP contribution in [0.2, 0.25) is 0 Å². The summed E-state index contributed by atoms with van der Waals surface area (Å²) in [6.07, 6.45) is 0. The van der Waals surface area contributed by atoms with E-state index in [1.54, 1.807) is 11.8 Å². The molecule has 0 unspecified atom stereocenters. The number of nitrogens with zero attached hydrogens (tertiary/aromatic N) is 3. The minimum Gasteiger partial charge on any atom is -0.459 e. The average Bonchev–Trinajstić information content (AvgIpc) is 2.61. The molecule has 2 rings (SSSR count). The molecule has 25 heavy (non-hydrogen) atoms. The van der Waals surface area contributed by atoms with Crippen LogP contribution in [0.1, 0.15) is 12.5 Å². The van der Waals surface area contributed by atoms with Gasteiger partial charge in [-0.25, -0.2) is 9.78 Å². The predicted octanol–water partition coefficient (Wildman–Crippen LogP) is 1.52. The molecule has 8 heteroatoms. The van der Waals surface area contributed by atoms with Crippen LogP contribution in [0.5, 0.6) is 0 Å². The fourth-order valence-corrected chi connectivity index (χ4v) is 2.07. The van der Waals surface area contributed by atoms with E-state index in [9.17, 15) is 9.59 Å². The third kappa shape index (κ3) is 4.43. The second-order valence-corrected chi connectivity index (χ2v) is 5.41. The first-order valence-electron chi connectivity index (χ1n) is 7.78. The largest absolute Gasteiger partial charge is 0.459 e. The monoisotopic (exact) mass is 343 g/mol. The minimum absolute atomic E-state index is 0.127. The van der Waals surface area contributed by atoms with E-state index >= 15 is 0 Å². The molecule has 1 aromatic heterocycles. The van der Waals surface area contributed by atoms with Gasteiger partial charge in [-0.1, -0.05) is 30.3 Å². The second-order valence-electron chi connectivity index (χ2n) is 5.41. The van der Waals surface area contributed by atoms with Gasteiger partial charge < -0.3 is 9.64 Å². The molecule has 0 aliphatic heterocycles. The molecule has 0 radical (unpaired) electrons. The summed E-state index contributed by atoms with van der Waals surface area (Å²) in [5.41, 5.74) is 7.36. The highest BCUT2D eigenvalue weighted by Gasteiger charge is 2.17. The Morgan fingerprint density at radius 2 is 1.84 bits per heavy atom. The molecule has 132 valence electrons. The van der Waals surface area contributed by atoms with E-state index in [1.165, 1.54) is 0 Å². The van der Waals surface area contributed by atoms with E-state index in [0.29, 0.717) is 11.8 Å². The maximum Gasteiger partial charge on any atom is 0.398 e. The van der Waals surface area contributed by atoms with Crippen LogP contribution in [-0.2, 0) is 14.3 Å². The molecule has 1 heterocycles. The van der Waals surface area contributed by atoms with E-state index in [1.807, 2.05) is 51.4 Å². The molecule has 2 aromatic rings. The van der Waals surface area contributed by atoms with Gasteiger partial charge in [0, 0.05) is 25.2 Å². The van der Waals surface area contributed by atoms with Crippen molar-refractivity contribution < 1.29 is 14.3 Å². The minimum atomic E-state index is -0.960. The third-order valence-electron chi connectivity index (χ3n) is 3.34. The summed E-state index contributed by atoms with van der Waals surface area (Å²) in [5.74, 6) is -0.988. The number of carbonyl (C=O) groups excluding carboxylic acids is 2. The van der Waals surface area contributed by atoms with Crippen molar-refractivity contribution in [1.82, 2.24) is 15.4 Å². The van der Waals surface area contributed by atoms with Crippen molar-refractivity contribution in [2.24, 2.45) is 0 Å². The highest BCUT2D eigenvalue weighted by Crippen LogP contribution is 2.27. The van der Waals surface area contributed by atoms with E-state index in [0.717, 1.165) is 16.8 Å². The Hall–Kier alpha value is -3.16. The van der Waals surface area contributed by atoms with E-state index in [4.69, 9.17) is 0 Å². The first-order chi connectivity index (χ1) is 11.9. The lowest BCUT2D eigenvalue weighted by Gasteiger charge is -2.17. The summed E-state index contributed by atoms with van der Waals surface area (Å²) in [5, 5.41) is 0. The number of hydrogen-bond acceptors (Lipinski definition) is 7. The van der Waals surface area contributed by atoms with Crippen molar-refractivity contribution in [3.8, 4) is 11.3 Å². The Kier molecular flexibility index (Phi) is 5.89. The summed E-state index contributed by atoms with van der Waals surface area (Å²) < 4.78 is 4.65. The summed E-state index contributed by atoms with van der Waals surface area (Å²) in [4.78, 5) is 33.8. The Morgan fingerprint density at radius 3 is 2.44 bits per heavy atom. The molecule has 0 atom stereocenters. The molecule has 0 aliphatic carbocycles. The third-order valence-corrected chi connectivity index (χ3v) is 3.34. The Bertz CT molecular complexity index is 762. The number of benzene rings is 1. The smallest absolute Gasteiger partial charge is 0.398 e. The molecule has 0 spiro atoms. The SMILES string of the molecule is CCOC(=O)C(=O)NNc1nc(N(C)C)nc(-c2ccccc2)c1C. The molecule has 1 aromatic carbocycles. The van der Waals surface area contributed by atoms with Crippen molar-refractivity contribution in [3.05, 3.63) is 35.9 Å². The van der Waals surface area contributed by atoms with Gasteiger partial charge in [0.1, 0.15) is 0 Å². The molecular formula is C17H21N5O3. The van der Waals surface area contributed by atoms with Crippen LogP contribution in [0.15, 0.2) is 30.3 Å². The highest BCUT2D eigenvalue weighted by molar-refractivity contribution is 6.32. The second kappa shape index (κ2) is 8.09. The number of esters is 1. The summed E-state index contributed by atoms with van der Waals surface area (Å²) in [6, 6.07) is 9.64. The van der Waals surface area contributed by atoms with Crippen LogP contribution in [-0.4, -0.2) is 42.5 Å². The molecule has 2 N–H and O–H groups in total. The topological polar surface area (TPSA) is 96.5 Å². The van der Waals surface area contributed by atoms with Gasteiger partial charge in [-0.2, -0.15) is 4.98 Å². The van der Waals surface area contributed by atoms with Crippen LogP contribution in [0.25, 0.3) is 11.3 Å². The predicted molar refractivity (Wildman–Crippen MR) is 94.9 cm³/mol. The zero-order valence-electron chi connectivity index (χ0n) is 14.7. The van der Waals surface area contributed by atoms with E-state index < -0.39 is 11.9 Å². The number of rotatable bonds is 5. The quantitative estimate of drug-likeness (QED) is 0.483. The zero-order valence-corrected chi connectivity index (χ0v) is 14.7. The molecule has 1 amide bonds.